The minimum absolute atomic E-state index is 0.0147. The number of likely N-dealkylation sites (N-methyl/N-ethyl adjacent to an activating group) is 1. The van der Waals surface area contributed by atoms with Crippen LogP contribution in [0.15, 0.2) is 71.6 Å². The van der Waals surface area contributed by atoms with Crippen LogP contribution in [0.2, 0.25) is 5.02 Å². The van der Waals surface area contributed by atoms with E-state index in [0.717, 1.165) is 15.4 Å². The predicted octanol–water partition coefficient (Wildman–Crippen LogP) is 4.84. The standard InChI is InChI=1S/C28H31ClFN3O4S/c1-5-31-28(35)21(4)32(17-22-7-11-24(30)12-8-22)27(34)18-33(25-13-6-19(2)20(3)16-25)38(36,37)26-14-9-23(29)10-15-26/h6-16,21H,5,17-18H2,1-4H3,(H,31,35). The van der Waals surface area contributed by atoms with Gasteiger partial charge in [0.2, 0.25) is 11.8 Å². The lowest BCUT2D eigenvalue weighted by Crippen LogP contribution is -2.51. The largest absolute Gasteiger partial charge is 0.355 e. The number of anilines is 1. The molecule has 10 heteroatoms. The first-order valence-electron chi connectivity index (χ1n) is 12.1. The van der Waals surface area contributed by atoms with Crippen LogP contribution in [0, 0.1) is 19.7 Å². The van der Waals surface area contributed by atoms with Gasteiger partial charge in [0.15, 0.2) is 0 Å². The Hall–Kier alpha value is -3.43. The highest BCUT2D eigenvalue weighted by molar-refractivity contribution is 7.92. The zero-order valence-electron chi connectivity index (χ0n) is 21.7. The van der Waals surface area contributed by atoms with Crippen molar-refractivity contribution in [1.29, 1.82) is 0 Å². The van der Waals surface area contributed by atoms with E-state index in [-0.39, 0.29) is 17.3 Å². The molecule has 2 amide bonds. The third-order valence-electron chi connectivity index (χ3n) is 6.24. The first-order chi connectivity index (χ1) is 17.9. The maximum Gasteiger partial charge on any atom is 0.264 e. The number of carbonyl (C=O) groups excluding carboxylic acids is 2. The van der Waals surface area contributed by atoms with Gasteiger partial charge in [-0.2, -0.15) is 0 Å². The number of carbonyl (C=O) groups is 2. The maximum absolute atomic E-state index is 13.8. The molecule has 7 nitrogen and oxygen atoms in total. The van der Waals surface area contributed by atoms with Crippen molar-refractivity contribution in [2.75, 3.05) is 17.4 Å². The third-order valence-corrected chi connectivity index (χ3v) is 8.28. The van der Waals surface area contributed by atoms with E-state index in [1.54, 1.807) is 32.0 Å². The van der Waals surface area contributed by atoms with Crippen LogP contribution in [0.3, 0.4) is 0 Å². The topological polar surface area (TPSA) is 86.8 Å². The fourth-order valence-corrected chi connectivity index (χ4v) is 5.37. The summed E-state index contributed by atoms with van der Waals surface area (Å²) in [6.07, 6.45) is 0. The van der Waals surface area contributed by atoms with E-state index in [0.29, 0.717) is 22.8 Å². The molecular formula is C28H31ClFN3O4S. The smallest absolute Gasteiger partial charge is 0.264 e. The van der Waals surface area contributed by atoms with Crippen molar-refractivity contribution in [2.24, 2.45) is 0 Å². The number of nitrogens with one attached hydrogen (secondary N) is 1. The average Bonchev–Trinajstić information content (AvgIpc) is 2.88. The van der Waals surface area contributed by atoms with Crippen LogP contribution in [0.4, 0.5) is 10.1 Å². The van der Waals surface area contributed by atoms with Gasteiger partial charge in [-0.15, -0.1) is 0 Å². The Balaban J connectivity index is 2.05. The second kappa shape index (κ2) is 12.4. The average molecular weight is 560 g/mol. The molecule has 0 saturated heterocycles. The van der Waals surface area contributed by atoms with Crippen LogP contribution in [0.25, 0.3) is 0 Å². The van der Waals surface area contributed by atoms with Crippen molar-refractivity contribution in [3.63, 3.8) is 0 Å². The summed E-state index contributed by atoms with van der Waals surface area (Å²) in [6.45, 7) is 6.88. The molecule has 202 valence electrons. The minimum Gasteiger partial charge on any atom is -0.355 e. The highest BCUT2D eigenvalue weighted by Gasteiger charge is 2.32. The van der Waals surface area contributed by atoms with Gasteiger partial charge in [-0.1, -0.05) is 29.8 Å². The van der Waals surface area contributed by atoms with Gasteiger partial charge in [0.25, 0.3) is 10.0 Å². The van der Waals surface area contributed by atoms with E-state index >= 15 is 0 Å². The number of benzene rings is 3. The molecule has 1 N–H and O–H groups in total. The second-order valence-corrected chi connectivity index (χ2v) is 11.3. The molecule has 0 saturated carbocycles. The molecule has 38 heavy (non-hydrogen) atoms. The highest BCUT2D eigenvalue weighted by atomic mass is 35.5. The van der Waals surface area contributed by atoms with Crippen molar-refractivity contribution in [3.8, 4) is 0 Å². The fourth-order valence-electron chi connectivity index (χ4n) is 3.83. The molecular weight excluding hydrogens is 529 g/mol. The lowest BCUT2D eigenvalue weighted by Gasteiger charge is -2.32. The summed E-state index contributed by atoms with van der Waals surface area (Å²) in [4.78, 5) is 27.8. The van der Waals surface area contributed by atoms with Crippen LogP contribution >= 0.6 is 11.6 Å². The fraction of sp³-hybridized carbons (Fsp3) is 0.286. The van der Waals surface area contributed by atoms with Gasteiger partial charge >= 0.3 is 0 Å². The number of hydrogen-bond donors (Lipinski definition) is 1. The number of amides is 2. The number of rotatable bonds is 10. The molecule has 0 aliphatic carbocycles. The highest BCUT2D eigenvalue weighted by Crippen LogP contribution is 2.27. The second-order valence-electron chi connectivity index (χ2n) is 8.95. The summed E-state index contributed by atoms with van der Waals surface area (Å²) < 4.78 is 42.1. The Morgan fingerprint density at radius 1 is 0.974 bits per heavy atom. The van der Waals surface area contributed by atoms with E-state index in [4.69, 9.17) is 11.6 Å². The quantitative estimate of drug-likeness (QED) is 0.385. The summed E-state index contributed by atoms with van der Waals surface area (Å²) in [5, 5.41) is 3.07. The molecule has 0 aliphatic heterocycles. The molecule has 1 unspecified atom stereocenters. The van der Waals surface area contributed by atoms with E-state index in [2.05, 4.69) is 5.32 Å². The zero-order chi connectivity index (χ0) is 28.0. The number of sulfonamides is 1. The molecule has 0 radical (unpaired) electrons. The van der Waals surface area contributed by atoms with Crippen molar-refractivity contribution < 1.29 is 22.4 Å². The SMILES string of the molecule is CCNC(=O)C(C)N(Cc1ccc(F)cc1)C(=O)CN(c1ccc(C)c(C)c1)S(=O)(=O)c1ccc(Cl)cc1. The first kappa shape index (κ1) is 29.1. The van der Waals surface area contributed by atoms with Gasteiger partial charge in [0.05, 0.1) is 10.6 Å². The van der Waals surface area contributed by atoms with E-state index in [1.807, 2.05) is 13.8 Å². The summed E-state index contributed by atoms with van der Waals surface area (Å²) in [6, 6.07) is 15.5. The van der Waals surface area contributed by atoms with Gasteiger partial charge in [0.1, 0.15) is 18.4 Å². The molecule has 0 aromatic heterocycles. The normalized spacial score (nSPS) is 12.1. The number of hydrogen-bond acceptors (Lipinski definition) is 4. The summed E-state index contributed by atoms with van der Waals surface area (Å²) in [7, 11) is -4.19. The Morgan fingerprint density at radius 2 is 1.61 bits per heavy atom. The van der Waals surface area contributed by atoms with E-state index in [9.17, 15) is 22.4 Å². The van der Waals surface area contributed by atoms with Crippen LogP contribution in [0.1, 0.15) is 30.5 Å². The van der Waals surface area contributed by atoms with Gasteiger partial charge in [-0.25, -0.2) is 12.8 Å². The molecule has 3 rings (SSSR count). The van der Waals surface area contributed by atoms with Crippen LogP contribution in [-0.2, 0) is 26.2 Å². The lowest BCUT2D eigenvalue weighted by atomic mass is 10.1. The van der Waals surface area contributed by atoms with Gasteiger partial charge < -0.3 is 10.2 Å². The van der Waals surface area contributed by atoms with Crippen LogP contribution in [0.5, 0.6) is 0 Å². The van der Waals surface area contributed by atoms with Crippen LogP contribution < -0.4 is 9.62 Å². The molecule has 3 aromatic rings. The third kappa shape index (κ3) is 6.90. The molecule has 0 spiro atoms. The predicted molar refractivity (Wildman–Crippen MR) is 147 cm³/mol. The van der Waals surface area contributed by atoms with Gasteiger partial charge in [-0.05, 0) is 92.9 Å². The van der Waals surface area contributed by atoms with Crippen molar-refractivity contribution >= 4 is 39.1 Å². The summed E-state index contributed by atoms with van der Waals surface area (Å²) in [5.74, 6) is -1.41. The molecule has 0 aliphatic rings. The van der Waals surface area contributed by atoms with Gasteiger partial charge in [0, 0.05) is 18.1 Å². The van der Waals surface area contributed by atoms with Crippen molar-refractivity contribution in [2.45, 2.75) is 45.2 Å². The lowest BCUT2D eigenvalue weighted by molar-refractivity contribution is -0.139. The Morgan fingerprint density at radius 3 is 2.18 bits per heavy atom. The molecule has 0 fully saturated rings. The molecule has 1 atom stereocenters. The number of aryl methyl sites for hydroxylation is 2. The number of halogens is 2. The first-order valence-corrected chi connectivity index (χ1v) is 13.9. The number of nitrogens with zero attached hydrogens (tertiary/aromatic N) is 2. The van der Waals surface area contributed by atoms with E-state index < -0.39 is 34.3 Å². The van der Waals surface area contributed by atoms with Crippen molar-refractivity contribution in [1.82, 2.24) is 10.2 Å². The Kier molecular flexibility index (Phi) is 9.51. The summed E-state index contributed by atoms with van der Waals surface area (Å²) in [5.41, 5.74) is 2.72. The monoisotopic (exact) mass is 559 g/mol. The molecule has 0 bridgehead atoms. The van der Waals surface area contributed by atoms with E-state index in [1.165, 1.54) is 53.4 Å². The Bertz CT molecular complexity index is 1400. The van der Waals surface area contributed by atoms with Crippen LogP contribution in [-0.4, -0.2) is 44.3 Å². The maximum atomic E-state index is 13.8. The van der Waals surface area contributed by atoms with Gasteiger partial charge in [-0.3, -0.25) is 13.9 Å². The van der Waals surface area contributed by atoms with Crippen molar-refractivity contribution in [3.05, 3.63) is 94.3 Å². The zero-order valence-corrected chi connectivity index (χ0v) is 23.3. The molecule has 3 aromatic carbocycles. The molecule has 0 heterocycles. The summed E-state index contributed by atoms with van der Waals surface area (Å²) >= 11 is 5.97. The Labute approximate surface area is 228 Å². The minimum atomic E-state index is -4.19.